The van der Waals surface area contributed by atoms with Gasteiger partial charge in [0.15, 0.2) is 5.65 Å². The first-order chi connectivity index (χ1) is 17.4. The molecule has 3 aromatic carbocycles. The second kappa shape index (κ2) is 8.74. The Morgan fingerprint density at radius 2 is 1.58 bits per heavy atom. The van der Waals surface area contributed by atoms with Crippen molar-refractivity contribution in [2.24, 2.45) is 5.14 Å². The number of rotatable bonds is 4. The number of nitrogens with two attached hydrogens (primary N) is 1. The van der Waals surface area contributed by atoms with Gasteiger partial charge in [-0.05, 0) is 53.0 Å². The topological polar surface area (TPSA) is 79.8 Å². The van der Waals surface area contributed by atoms with Crippen LogP contribution >= 0.6 is 0 Å². The van der Waals surface area contributed by atoms with Gasteiger partial charge in [-0.25, -0.2) is 13.7 Å². The van der Waals surface area contributed by atoms with E-state index in [-0.39, 0.29) is 0 Å². The molecule has 0 bridgehead atoms. The van der Waals surface area contributed by atoms with Crippen molar-refractivity contribution in [2.45, 2.75) is 4.90 Å². The Morgan fingerprint density at radius 1 is 0.861 bits per heavy atom. The molecular weight excluding hydrogens is 468 g/mol. The Hall–Kier alpha value is -3.72. The molecule has 0 spiro atoms. The van der Waals surface area contributed by atoms with Crippen LogP contribution < -0.4 is 10.0 Å². The molecule has 182 valence electrons. The van der Waals surface area contributed by atoms with E-state index in [2.05, 4.69) is 52.1 Å². The second-order valence-electron chi connectivity index (χ2n) is 9.39. The highest BCUT2D eigenvalue weighted by atomic mass is 32.2. The number of hydrogen-bond acceptors (Lipinski definition) is 5. The summed E-state index contributed by atoms with van der Waals surface area (Å²) in [6, 6.07) is 20.2. The zero-order chi connectivity index (χ0) is 24.9. The molecule has 1 atom stereocenters. The fourth-order valence-corrected chi connectivity index (χ4v) is 5.80. The molecule has 8 heteroatoms. The number of hydrogen-bond donors (Lipinski definition) is 1. The molecule has 2 aromatic heterocycles. The summed E-state index contributed by atoms with van der Waals surface area (Å²) in [5.41, 5.74) is 5.98. The molecular formula is C28H28N6OS. The van der Waals surface area contributed by atoms with Crippen LogP contribution in [0, 0.1) is 0 Å². The summed E-state index contributed by atoms with van der Waals surface area (Å²) >= 11 is 0. The van der Waals surface area contributed by atoms with Crippen molar-refractivity contribution >= 4 is 37.7 Å². The average molecular weight is 497 g/mol. The van der Waals surface area contributed by atoms with Gasteiger partial charge >= 0.3 is 0 Å². The van der Waals surface area contributed by atoms with Gasteiger partial charge in [-0.2, -0.15) is 5.10 Å². The third-order valence-corrected chi connectivity index (χ3v) is 8.07. The van der Waals surface area contributed by atoms with E-state index in [1.54, 1.807) is 6.07 Å². The average Bonchev–Trinajstić information content (AvgIpc) is 3.31. The molecule has 0 radical (unpaired) electrons. The van der Waals surface area contributed by atoms with Crippen LogP contribution in [0.1, 0.15) is 0 Å². The number of likely N-dealkylation sites (N-methyl/N-ethyl adjacent to an activating group) is 1. The van der Waals surface area contributed by atoms with E-state index in [4.69, 9.17) is 10.1 Å². The normalized spacial score (nSPS) is 16.4. The molecule has 1 unspecified atom stereocenters. The van der Waals surface area contributed by atoms with Gasteiger partial charge in [0.25, 0.3) is 0 Å². The van der Waals surface area contributed by atoms with E-state index in [9.17, 15) is 4.21 Å². The van der Waals surface area contributed by atoms with Gasteiger partial charge in [0, 0.05) is 55.4 Å². The lowest BCUT2D eigenvalue weighted by Gasteiger charge is -2.34. The lowest BCUT2D eigenvalue weighted by atomic mass is 10.00. The van der Waals surface area contributed by atoms with Crippen molar-refractivity contribution < 1.29 is 4.21 Å². The van der Waals surface area contributed by atoms with Crippen LogP contribution in [0.25, 0.3) is 38.7 Å². The first-order valence-electron chi connectivity index (χ1n) is 11.9. The minimum Gasteiger partial charge on any atom is -0.369 e. The highest BCUT2D eigenvalue weighted by molar-refractivity contribution is 7.98. The van der Waals surface area contributed by atoms with E-state index in [1.807, 2.05) is 53.4 Å². The fourth-order valence-electron chi connectivity index (χ4n) is 4.95. The van der Waals surface area contributed by atoms with Crippen molar-refractivity contribution in [1.29, 1.82) is 0 Å². The van der Waals surface area contributed by atoms with Crippen LogP contribution in [0.2, 0.25) is 0 Å². The third kappa shape index (κ3) is 4.03. The first-order valence-corrected chi connectivity index (χ1v) is 13.7. The van der Waals surface area contributed by atoms with E-state index in [0.29, 0.717) is 4.90 Å². The molecule has 36 heavy (non-hydrogen) atoms. The quantitative estimate of drug-likeness (QED) is 0.382. The SMILES string of the molecule is C=S(N)(=O)c1ccc(-c2cnn3cc(-c4ccc(N5CCN(C)CC5)cc4)cnc23)c2ccccc12. The summed E-state index contributed by atoms with van der Waals surface area (Å²) in [5.74, 6) is 3.68. The largest absolute Gasteiger partial charge is 0.369 e. The zero-order valence-corrected chi connectivity index (χ0v) is 21.0. The van der Waals surface area contributed by atoms with Crippen LogP contribution in [-0.2, 0) is 9.71 Å². The zero-order valence-electron chi connectivity index (χ0n) is 20.2. The van der Waals surface area contributed by atoms with Crippen molar-refractivity contribution in [3.63, 3.8) is 0 Å². The van der Waals surface area contributed by atoms with Gasteiger partial charge in [0.2, 0.25) is 0 Å². The van der Waals surface area contributed by atoms with E-state index in [0.717, 1.165) is 64.9 Å². The summed E-state index contributed by atoms with van der Waals surface area (Å²) in [6.45, 7) is 4.27. The van der Waals surface area contributed by atoms with Gasteiger partial charge in [-0.3, -0.25) is 5.14 Å². The van der Waals surface area contributed by atoms with Gasteiger partial charge in [-0.1, -0.05) is 42.5 Å². The molecule has 6 rings (SSSR count). The highest BCUT2D eigenvalue weighted by Gasteiger charge is 2.17. The number of piperazine rings is 1. The Balaban J connectivity index is 1.35. The van der Waals surface area contributed by atoms with Gasteiger partial charge in [0.1, 0.15) is 0 Å². The summed E-state index contributed by atoms with van der Waals surface area (Å²) < 4.78 is 14.4. The lowest BCUT2D eigenvalue weighted by molar-refractivity contribution is 0.313. The first kappa shape index (κ1) is 22.7. The molecule has 3 heterocycles. The third-order valence-electron chi connectivity index (χ3n) is 6.97. The molecule has 0 amide bonds. The van der Waals surface area contributed by atoms with Crippen molar-refractivity contribution in [3.05, 3.63) is 79.3 Å². The maximum absolute atomic E-state index is 12.5. The van der Waals surface area contributed by atoms with Gasteiger partial charge in [0.05, 0.1) is 20.8 Å². The molecule has 2 N–H and O–H groups in total. The molecule has 5 aromatic rings. The number of benzene rings is 3. The van der Waals surface area contributed by atoms with Crippen LogP contribution in [-0.4, -0.2) is 62.8 Å². The van der Waals surface area contributed by atoms with E-state index < -0.39 is 9.71 Å². The Morgan fingerprint density at radius 3 is 2.31 bits per heavy atom. The Labute approximate surface area is 210 Å². The monoisotopic (exact) mass is 496 g/mol. The second-order valence-corrected chi connectivity index (χ2v) is 11.3. The van der Waals surface area contributed by atoms with E-state index in [1.165, 1.54) is 5.69 Å². The molecule has 1 aliphatic rings. The Bertz CT molecular complexity index is 1680. The molecule has 7 nitrogen and oxygen atoms in total. The maximum Gasteiger partial charge on any atom is 0.162 e. The van der Waals surface area contributed by atoms with Crippen molar-refractivity contribution in [2.75, 3.05) is 38.1 Å². The highest BCUT2D eigenvalue weighted by Crippen LogP contribution is 2.34. The van der Waals surface area contributed by atoms with Crippen molar-refractivity contribution in [3.8, 4) is 22.3 Å². The van der Waals surface area contributed by atoms with Gasteiger partial charge < -0.3 is 9.80 Å². The number of aromatic nitrogens is 3. The predicted octanol–water partition coefficient (Wildman–Crippen LogP) is 3.92. The minimum atomic E-state index is -2.85. The van der Waals surface area contributed by atoms with Crippen molar-refractivity contribution in [1.82, 2.24) is 19.5 Å². The number of nitrogens with zero attached hydrogens (tertiary/aromatic N) is 5. The summed E-state index contributed by atoms with van der Waals surface area (Å²) in [6.07, 6.45) is 5.73. The standard InChI is InChI=1S/C28H28N6OS/c1-32-13-15-33(16-14-32)22-9-7-20(8-10-22)21-17-30-28-26(18-31-34(28)19-21)24-11-12-27(36(2,29)35)25-6-4-3-5-23(24)25/h3-12,17-19H,2,13-16H2,1H3,(H2,29,35). The van der Waals surface area contributed by atoms with Crippen LogP contribution in [0.3, 0.4) is 0 Å². The fraction of sp³-hybridized carbons (Fsp3) is 0.179. The van der Waals surface area contributed by atoms with Crippen LogP contribution in [0.5, 0.6) is 0 Å². The molecule has 0 saturated carbocycles. The molecule has 1 saturated heterocycles. The van der Waals surface area contributed by atoms with Crippen LogP contribution in [0.15, 0.2) is 84.1 Å². The smallest absolute Gasteiger partial charge is 0.162 e. The van der Waals surface area contributed by atoms with E-state index >= 15 is 0 Å². The molecule has 1 fully saturated rings. The van der Waals surface area contributed by atoms with Crippen LogP contribution in [0.4, 0.5) is 5.69 Å². The minimum absolute atomic E-state index is 0.550. The molecule has 0 aliphatic carbocycles. The number of anilines is 1. The lowest BCUT2D eigenvalue weighted by Crippen LogP contribution is -2.44. The maximum atomic E-state index is 12.5. The predicted molar refractivity (Wildman–Crippen MR) is 149 cm³/mol. The summed E-state index contributed by atoms with van der Waals surface area (Å²) in [4.78, 5) is 10.1. The number of fused-ring (bicyclic) bond motifs is 2. The summed E-state index contributed by atoms with van der Waals surface area (Å²) in [7, 11) is -0.679. The molecule has 1 aliphatic heterocycles. The summed E-state index contributed by atoms with van der Waals surface area (Å²) in [5, 5.41) is 12.3. The Kier molecular flexibility index (Phi) is 5.52. The van der Waals surface area contributed by atoms with Gasteiger partial charge in [-0.15, -0.1) is 0 Å².